The van der Waals surface area contributed by atoms with E-state index in [1.807, 2.05) is 0 Å². The molecule has 5 heteroatoms. The van der Waals surface area contributed by atoms with Gasteiger partial charge in [-0.2, -0.15) is 0 Å². The Balaban J connectivity index is 2.83. The van der Waals surface area contributed by atoms with Crippen molar-refractivity contribution >= 4 is 7.12 Å². The molecule has 1 aliphatic carbocycles. The van der Waals surface area contributed by atoms with Crippen LogP contribution in [0.4, 0.5) is 0 Å². The largest absolute Gasteiger partial charge is 0.501 e. The van der Waals surface area contributed by atoms with Crippen LogP contribution in [0.1, 0.15) is 6.42 Å². The Kier molecular flexibility index (Phi) is 3.14. The molecule has 4 nitrogen and oxygen atoms in total. The van der Waals surface area contributed by atoms with Gasteiger partial charge in [0.15, 0.2) is 0 Å². The zero-order valence-electron chi connectivity index (χ0n) is 7.73. The van der Waals surface area contributed by atoms with Crippen molar-refractivity contribution in [3.8, 4) is 0 Å². The third-order valence-electron chi connectivity index (χ3n) is 2.19. The van der Waals surface area contributed by atoms with Gasteiger partial charge in [0, 0.05) is 13.5 Å². The number of allylic oxidation sites excluding steroid dienone is 2. The molecule has 0 fully saturated rings. The summed E-state index contributed by atoms with van der Waals surface area (Å²) in [4.78, 5) is 0. The maximum Gasteiger partial charge on any atom is 0.490 e. The summed E-state index contributed by atoms with van der Waals surface area (Å²) in [5, 5.41) is 18.3. The molecule has 1 aliphatic rings. The standard InChI is InChI=1S/C8H13BO4/c1-12-7-4-3-5-8(6-7,13-2)9(10)11/h3-5,10-11H,6H2,1-2H3. The van der Waals surface area contributed by atoms with E-state index < -0.39 is 12.6 Å². The van der Waals surface area contributed by atoms with E-state index >= 15 is 0 Å². The molecule has 2 N–H and O–H groups in total. The second-order valence-electron chi connectivity index (χ2n) is 2.91. The molecule has 72 valence electrons. The third-order valence-corrected chi connectivity index (χ3v) is 2.19. The van der Waals surface area contributed by atoms with Gasteiger partial charge < -0.3 is 19.5 Å². The van der Waals surface area contributed by atoms with Gasteiger partial charge in [-0.05, 0) is 6.08 Å². The van der Waals surface area contributed by atoms with Gasteiger partial charge in [-0.1, -0.05) is 12.2 Å². The van der Waals surface area contributed by atoms with Crippen LogP contribution >= 0.6 is 0 Å². The molecule has 0 spiro atoms. The predicted octanol–water partition coefficient (Wildman–Crippen LogP) is -0.126. The van der Waals surface area contributed by atoms with Gasteiger partial charge in [-0.25, -0.2) is 0 Å². The van der Waals surface area contributed by atoms with Gasteiger partial charge in [-0.3, -0.25) is 0 Å². The molecule has 1 rings (SSSR count). The normalized spacial score (nSPS) is 26.9. The molecule has 1 unspecified atom stereocenters. The number of ether oxygens (including phenoxy) is 2. The first-order chi connectivity index (χ1) is 6.14. The summed E-state index contributed by atoms with van der Waals surface area (Å²) >= 11 is 0. The fraction of sp³-hybridized carbons (Fsp3) is 0.500. The Hall–Kier alpha value is -0.775. The van der Waals surface area contributed by atoms with Crippen LogP contribution in [0.2, 0.25) is 0 Å². The summed E-state index contributed by atoms with van der Waals surface area (Å²) in [6, 6.07) is 0. The van der Waals surface area contributed by atoms with Crippen molar-refractivity contribution in [1.29, 1.82) is 0 Å². The van der Waals surface area contributed by atoms with Crippen molar-refractivity contribution in [3.63, 3.8) is 0 Å². The molecular weight excluding hydrogens is 171 g/mol. The average Bonchev–Trinajstić information content (AvgIpc) is 2.17. The van der Waals surface area contributed by atoms with E-state index in [0.29, 0.717) is 12.2 Å². The van der Waals surface area contributed by atoms with Crippen LogP contribution in [0, 0.1) is 0 Å². The first kappa shape index (κ1) is 10.3. The maximum absolute atomic E-state index is 9.14. The van der Waals surface area contributed by atoms with E-state index in [1.54, 1.807) is 18.2 Å². The van der Waals surface area contributed by atoms with Crippen molar-refractivity contribution in [3.05, 3.63) is 24.0 Å². The zero-order chi connectivity index (χ0) is 9.90. The highest BCUT2D eigenvalue weighted by Gasteiger charge is 2.42. The van der Waals surface area contributed by atoms with Crippen LogP contribution in [0.5, 0.6) is 0 Å². The number of hydrogen-bond donors (Lipinski definition) is 2. The molecule has 0 saturated heterocycles. The number of methoxy groups -OCH3 is 2. The summed E-state index contributed by atoms with van der Waals surface area (Å²) in [7, 11) is 1.42. The molecular formula is C8H13BO4. The topological polar surface area (TPSA) is 58.9 Å². The summed E-state index contributed by atoms with van der Waals surface area (Å²) < 4.78 is 10.1. The van der Waals surface area contributed by atoms with Crippen LogP contribution < -0.4 is 0 Å². The predicted molar refractivity (Wildman–Crippen MR) is 48.8 cm³/mol. The highest BCUT2D eigenvalue weighted by Crippen LogP contribution is 2.27. The molecule has 0 saturated carbocycles. The van der Waals surface area contributed by atoms with Crippen molar-refractivity contribution in [2.45, 2.75) is 11.9 Å². The Bertz CT molecular complexity index is 236. The highest BCUT2D eigenvalue weighted by atomic mass is 16.5. The number of hydrogen-bond acceptors (Lipinski definition) is 4. The van der Waals surface area contributed by atoms with E-state index in [1.165, 1.54) is 14.2 Å². The Morgan fingerprint density at radius 1 is 1.46 bits per heavy atom. The van der Waals surface area contributed by atoms with Crippen LogP contribution in [-0.4, -0.2) is 36.9 Å². The van der Waals surface area contributed by atoms with Crippen LogP contribution in [0.15, 0.2) is 24.0 Å². The lowest BCUT2D eigenvalue weighted by Gasteiger charge is -2.30. The molecule has 0 aliphatic heterocycles. The quantitative estimate of drug-likeness (QED) is 0.600. The first-order valence-corrected chi connectivity index (χ1v) is 3.98. The zero-order valence-corrected chi connectivity index (χ0v) is 7.73. The lowest BCUT2D eigenvalue weighted by Crippen LogP contribution is -2.47. The van der Waals surface area contributed by atoms with Gasteiger partial charge >= 0.3 is 7.12 Å². The van der Waals surface area contributed by atoms with E-state index in [9.17, 15) is 0 Å². The molecule has 0 bridgehead atoms. The Morgan fingerprint density at radius 2 is 2.15 bits per heavy atom. The molecule has 1 atom stereocenters. The summed E-state index contributed by atoms with van der Waals surface area (Å²) in [5.74, 6) is 0.664. The van der Waals surface area contributed by atoms with Gasteiger partial charge in [0.1, 0.15) is 5.50 Å². The van der Waals surface area contributed by atoms with Gasteiger partial charge in [-0.15, -0.1) is 0 Å². The SMILES string of the molecule is COC1=CC=CC(OC)(B(O)O)C1. The van der Waals surface area contributed by atoms with Gasteiger partial charge in [0.25, 0.3) is 0 Å². The molecule has 0 aromatic heterocycles. The minimum Gasteiger partial charge on any atom is -0.501 e. The summed E-state index contributed by atoms with van der Waals surface area (Å²) in [5.41, 5.74) is -1.07. The van der Waals surface area contributed by atoms with Crippen LogP contribution in [0.25, 0.3) is 0 Å². The highest BCUT2D eigenvalue weighted by molar-refractivity contribution is 6.46. The van der Waals surface area contributed by atoms with Crippen molar-refractivity contribution in [2.24, 2.45) is 0 Å². The lowest BCUT2D eigenvalue weighted by atomic mass is 9.64. The van der Waals surface area contributed by atoms with E-state index in [0.717, 1.165) is 0 Å². The summed E-state index contributed by atoms with van der Waals surface area (Å²) in [6.45, 7) is 0. The molecule has 0 amide bonds. The third kappa shape index (κ3) is 1.93. The Labute approximate surface area is 77.6 Å². The number of rotatable bonds is 3. The molecule has 0 aromatic carbocycles. The van der Waals surface area contributed by atoms with E-state index in [2.05, 4.69) is 0 Å². The molecule has 0 aromatic rings. The van der Waals surface area contributed by atoms with Crippen LogP contribution in [0.3, 0.4) is 0 Å². The van der Waals surface area contributed by atoms with E-state index in [4.69, 9.17) is 19.5 Å². The fourth-order valence-corrected chi connectivity index (χ4v) is 1.27. The molecule has 0 heterocycles. The van der Waals surface area contributed by atoms with E-state index in [-0.39, 0.29) is 0 Å². The fourth-order valence-electron chi connectivity index (χ4n) is 1.27. The second kappa shape index (κ2) is 3.96. The monoisotopic (exact) mass is 184 g/mol. The summed E-state index contributed by atoms with van der Waals surface area (Å²) in [6.07, 6.45) is 5.39. The van der Waals surface area contributed by atoms with Gasteiger partial charge in [0.2, 0.25) is 0 Å². The van der Waals surface area contributed by atoms with Crippen LogP contribution in [-0.2, 0) is 9.47 Å². The minimum atomic E-state index is -1.55. The van der Waals surface area contributed by atoms with Gasteiger partial charge in [0.05, 0.1) is 12.9 Å². The Morgan fingerprint density at radius 3 is 2.62 bits per heavy atom. The molecule has 0 radical (unpaired) electrons. The molecule has 13 heavy (non-hydrogen) atoms. The lowest BCUT2D eigenvalue weighted by molar-refractivity contribution is 0.0548. The second-order valence-corrected chi connectivity index (χ2v) is 2.91. The smallest absolute Gasteiger partial charge is 0.490 e. The van der Waals surface area contributed by atoms with Crippen molar-refractivity contribution in [1.82, 2.24) is 0 Å². The van der Waals surface area contributed by atoms with Crippen molar-refractivity contribution in [2.75, 3.05) is 14.2 Å². The minimum absolute atomic E-state index is 0.328. The first-order valence-electron chi connectivity index (χ1n) is 3.98. The van der Waals surface area contributed by atoms with Crippen molar-refractivity contribution < 1.29 is 19.5 Å². The average molecular weight is 184 g/mol. The maximum atomic E-state index is 9.14.